The molecule has 5 heterocycles. The molecule has 12 nitrogen and oxygen atoms in total. The molecule has 0 N–H and O–H groups in total. The molecular formula is C37H46F4N8O4. The van der Waals surface area contributed by atoms with Gasteiger partial charge < -0.3 is 24.0 Å². The number of fused-ring (bicyclic) bond motifs is 1. The first-order chi connectivity index (χ1) is 25.2. The molecule has 4 aliphatic rings. The SMILES string of the molecule is COC1(C)CN(CCCN2CCc3nccc(OC4CC5(C4)CN(c4ncnnc4Oc4ccc(F)cc4C(=O)N(CC(F)(F)F)C(C)C)C5)c3C2)C1. The van der Waals surface area contributed by atoms with Gasteiger partial charge in [-0.25, -0.2) is 9.37 Å². The predicted octanol–water partition coefficient (Wildman–Crippen LogP) is 5.13. The molecule has 0 atom stereocenters. The molecule has 2 aromatic heterocycles. The molecule has 0 radical (unpaired) electrons. The number of ether oxygens (including phenoxy) is 3. The summed E-state index contributed by atoms with van der Waals surface area (Å²) in [7, 11) is 1.78. The minimum absolute atomic E-state index is 0.00811. The first-order valence-electron chi connectivity index (χ1n) is 18.1. The number of carbonyl (C=O) groups excluding carboxylic acids is 1. The summed E-state index contributed by atoms with van der Waals surface area (Å²) in [5, 5.41) is 7.90. The van der Waals surface area contributed by atoms with E-state index >= 15 is 0 Å². The number of halogens is 4. The zero-order valence-corrected chi connectivity index (χ0v) is 30.5. The summed E-state index contributed by atoms with van der Waals surface area (Å²) in [6.45, 7) is 10.7. The van der Waals surface area contributed by atoms with Crippen LogP contribution >= 0.6 is 0 Å². The van der Waals surface area contributed by atoms with Crippen LogP contribution in [0.3, 0.4) is 0 Å². The highest BCUT2D eigenvalue weighted by molar-refractivity contribution is 5.97. The van der Waals surface area contributed by atoms with Gasteiger partial charge in [-0.15, -0.1) is 10.2 Å². The number of methoxy groups -OCH3 is 1. The highest BCUT2D eigenvalue weighted by Gasteiger charge is 2.54. The van der Waals surface area contributed by atoms with Gasteiger partial charge in [-0.1, -0.05) is 0 Å². The molecule has 7 rings (SSSR count). The van der Waals surface area contributed by atoms with Gasteiger partial charge >= 0.3 is 6.18 Å². The number of nitrogens with zero attached hydrogens (tertiary/aromatic N) is 8. The highest BCUT2D eigenvalue weighted by atomic mass is 19.4. The lowest BCUT2D eigenvalue weighted by Gasteiger charge is -2.58. The number of rotatable bonds is 13. The second-order valence-corrected chi connectivity index (χ2v) is 15.5. The van der Waals surface area contributed by atoms with E-state index in [4.69, 9.17) is 14.2 Å². The van der Waals surface area contributed by atoms with Gasteiger partial charge in [0.2, 0.25) is 0 Å². The first kappa shape index (κ1) is 37.2. The Kier molecular flexibility index (Phi) is 10.2. The molecule has 1 saturated carbocycles. The number of alkyl halides is 3. The zero-order chi connectivity index (χ0) is 37.5. The van der Waals surface area contributed by atoms with Crippen molar-refractivity contribution in [3.8, 4) is 17.4 Å². The van der Waals surface area contributed by atoms with Gasteiger partial charge in [-0.2, -0.15) is 13.2 Å². The number of benzene rings is 1. The van der Waals surface area contributed by atoms with Crippen LogP contribution in [0.25, 0.3) is 0 Å². The van der Waals surface area contributed by atoms with Crippen molar-refractivity contribution in [1.82, 2.24) is 34.9 Å². The fourth-order valence-electron chi connectivity index (χ4n) is 8.05. The maximum absolute atomic E-state index is 14.3. The normalized spacial score (nSPS) is 19.7. The molecule has 1 aromatic carbocycles. The van der Waals surface area contributed by atoms with Crippen LogP contribution in [0.4, 0.5) is 23.4 Å². The molecule has 3 fully saturated rings. The van der Waals surface area contributed by atoms with Gasteiger partial charge in [0.05, 0.1) is 11.2 Å². The van der Waals surface area contributed by atoms with Crippen LogP contribution in [-0.4, -0.2) is 124 Å². The standard InChI is InChI=1S/C37H46F4N8O4/c1-24(2)49(22-37(39,40)41)34(50)27-14-25(38)6-7-30(27)53-33-32(43-23-44-45-33)48-20-36(21-48)15-26(16-36)52-31-8-10-42-29-9-13-46(17-28(29)31)11-5-12-47-18-35(3,19-47)51-4/h6-8,10,14,23-24,26H,5,9,11-13,15-22H2,1-4H3. The van der Waals surface area contributed by atoms with Crippen LogP contribution in [0.15, 0.2) is 36.8 Å². The van der Waals surface area contributed by atoms with Crippen LogP contribution in [0.5, 0.6) is 17.4 Å². The summed E-state index contributed by atoms with van der Waals surface area (Å²) in [6.07, 6.45) is 2.24. The van der Waals surface area contributed by atoms with Crippen LogP contribution in [0, 0.1) is 11.2 Å². The number of amides is 1. The molecule has 1 amide bonds. The summed E-state index contributed by atoms with van der Waals surface area (Å²) >= 11 is 0. The Labute approximate surface area is 306 Å². The topological polar surface area (TPSA) is 109 Å². The second-order valence-electron chi connectivity index (χ2n) is 15.5. The number of aromatic nitrogens is 4. The van der Waals surface area contributed by atoms with E-state index in [-0.39, 0.29) is 34.3 Å². The molecule has 3 aliphatic heterocycles. The lowest BCUT2D eigenvalue weighted by atomic mass is 9.61. The van der Waals surface area contributed by atoms with Crippen LogP contribution in [0.1, 0.15) is 61.6 Å². The zero-order valence-electron chi connectivity index (χ0n) is 30.5. The summed E-state index contributed by atoms with van der Waals surface area (Å²) in [4.78, 5) is 29.9. The Balaban J connectivity index is 0.945. The number of hydrogen-bond donors (Lipinski definition) is 0. The van der Waals surface area contributed by atoms with E-state index in [1.54, 1.807) is 7.11 Å². The Hall–Kier alpha value is -4.15. The van der Waals surface area contributed by atoms with Gasteiger partial charge in [0.1, 0.15) is 36.3 Å². The summed E-state index contributed by atoms with van der Waals surface area (Å²) in [6, 6.07) is 4.29. The molecule has 2 saturated heterocycles. The summed E-state index contributed by atoms with van der Waals surface area (Å²) in [5.74, 6) is -0.717. The van der Waals surface area contributed by atoms with E-state index in [0.717, 1.165) is 88.5 Å². The van der Waals surface area contributed by atoms with Gasteiger partial charge in [-0.05, 0) is 77.4 Å². The van der Waals surface area contributed by atoms with E-state index < -0.39 is 30.5 Å². The molecule has 0 bridgehead atoms. The average Bonchev–Trinajstić information content (AvgIpc) is 3.07. The number of pyridine rings is 1. The third kappa shape index (κ3) is 8.19. The van der Waals surface area contributed by atoms with Crippen molar-refractivity contribution in [1.29, 1.82) is 0 Å². The van der Waals surface area contributed by atoms with Crippen LogP contribution < -0.4 is 14.4 Å². The van der Waals surface area contributed by atoms with Gasteiger partial charge in [0, 0.05) is 81.7 Å². The van der Waals surface area contributed by atoms with Gasteiger partial charge in [0.25, 0.3) is 11.8 Å². The maximum atomic E-state index is 14.3. The third-order valence-corrected chi connectivity index (χ3v) is 10.9. The fraction of sp³-hybridized carbons (Fsp3) is 0.595. The molecule has 1 aliphatic carbocycles. The van der Waals surface area contributed by atoms with Crippen LogP contribution in [0.2, 0.25) is 0 Å². The number of carbonyl (C=O) groups is 1. The van der Waals surface area contributed by atoms with E-state index in [1.165, 1.54) is 31.8 Å². The number of hydrogen-bond acceptors (Lipinski definition) is 11. The first-order valence-corrected chi connectivity index (χ1v) is 18.1. The summed E-state index contributed by atoms with van der Waals surface area (Å²) in [5.41, 5.74) is 1.93. The van der Waals surface area contributed by atoms with E-state index in [1.807, 2.05) is 17.2 Å². The molecule has 1 spiro atoms. The van der Waals surface area contributed by atoms with Crippen molar-refractivity contribution in [2.24, 2.45) is 5.41 Å². The Morgan fingerprint density at radius 1 is 1.06 bits per heavy atom. The van der Waals surface area contributed by atoms with Crippen molar-refractivity contribution in [3.63, 3.8) is 0 Å². The summed E-state index contributed by atoms with van der Waals surface area (Å²) < 4.78 is 72.4. The monoisotopic (exact) mass is 742 g/mol. The Morgan fingerprint density at radius 3 is 2.53 bits per heavy atom. The lowest BCUT2D eigenvalue weighted by Crippen LogP contribution is -2.65. The fourth-order valence-corrected chi connectivity index (χ4v) is 8.05. The molecule has 16 heteroatoms. The van der Waals surface area contributed by atoms with Crippen molar-refractivity contribution < 1.29 is 36.6 Å². The van der Waals surface area contributed by atoms with E-state index in [0.29, 0.717) is 23.8 Å². The Morgan fingerprint density at radius 2 is 1.81 bits per heavy atom. The smallest absolute Gasteiger partial charge is 0.406 e. The van der Waals surface area contributed by atoms with Crippen molar-refractivity contribution in [3.05, 3.63) is 59.4 Å². The van der Waals surface area contributed by atoms with Crippen molar-refractivity contribution in [2.75, 3.05) is 64.4 Å². The van der Waals surface area contributed by atoms with E-state index in [2.05, 4.69) is 36.9 Å². The Bertz CT molecular complexity index is 1790. The number of anilines is 1. The van der Waals surface area contributed by atoms with Crippen LogP contribution in [-0.2, 0) is 17.7 Å². The minimum Gasteiger partial charge on any atom is -0.490 e. The molecular weight excluding hydrogens is 696 g/mol. The highest BCUT2D eigenvalue weighted by Crippen LogP contribution is 2.52. The number of likely N-dealkylation sites (tertiary alicyclic amines) is 1. The third-order valence-electron chi connectivity index (χ3n) is 10.9. The lowest BCUT2D eigenvalue weighted by molar-refractivity contribution is -0.143. The predicted molar refractivity (Wildman–Crippen MR) is 187 cm³/mol. The van der Waals surface area contributed by atoms with Crippen molar-refractivity contribution >= 4 is 11.7 Å². The second kappa shape index (κ2) is 14.6. The molecule has 53 heavy (non-hydrogen) atoms. The van der Waals surface area contributed by atoms with Gasteiger partial charge in [0.15, 0.2) is 5.82 Å². The van der Waals surface area contributed by atoms with Gasteiger partial charge in [-0.3, -0.25) is 19.6 Å². The molecule has 286 valence electrons. The molecule has 3 aromatic rings. The quantitative estimate of drug-likeness (QED) is 0.218. The average molecular weight is 743 g/mol. The molecule has 0 unspecified atom stereocenters. The minimum atomic E-state index is -4.64. The van der Waals surface area contributed by atoms with Crippen molar-refractivity contribution in [2.45, 2.75) is 76.9 Å². The van der Waals surface area contributed by atoms with E-state index in [9.17, 15) is 22.4 Å². The maximum Gasteiger partial charge on any atom is 0.406 e. The largest absolute Gasteiger partial charge is 0.490 e.